The van der Waals surface area contributed by atoms with Gasteiger partial charge in [-0.25, -0.2) is 0 Å². The van der Waals surface area contributed by atoms with Crippen molar-refractivity contribution in [1.82, 2.24) is 5.32 Å². The average molecular weight is 143 g/mol. The Kier molecular flexibility index (Phi) is 1.44. The van der Waals surface area contributed by atoms with Crippen molar-refractivity contribution in [3.05, 3.63) is 0 Å². The molecule has 0 aromatic carbocycles. The van der Waals surface area contributed by atoms with E-state index in [1.807, 2.05) is 7.05 Å². The topological polar surface area (TPSA) is 30.5 Å². The number of likely N-dealkylation sites (N-methyl/N-ethyl adjacent to an activating group) is 1. The molecule has 0 aromatic rings. The molecule has 0 aromatic heterocycles. The van der Waals surface area contributed by atoms with Gasteiger partial charge in [0.2, 0.25) is 0 Å². The summed E-state index contributed by atoms with van der Waals surface area (Å²) >= 11 is 0. The fraction of sp³-hybridized carbons (Fsp3) is 1.00. The van der Waals surface area contributed by atoms with Crippen molar-refractivity contribution in [3.8, 4) is 0 Å². The standard InChI is InChI=1S/C7H13NO2/c1-8-6-2-7(10-3-6)4-9-5-7/h6,8H,2-5H2,1H3. The highest BCUT2D eigenvalue weighted by Gasteiger charge is 2.46. The van der Waals surface area contributed by atoms with Crippen LogP contribution in [0, 0.1) is 0 Å². The van der Waals surface area contributed by atoms with Gasteiger partial charge in [0, 0.05) is 6.04 Å². The van der Waals surface area contributed by atoms with Gasteiger partial charge >= 0.3 is 0 Å². The fourth-order valence-electron chi connectivity index (χ4n) is 1.56. The summed E-state index contributed by atoms with van der Waals surface area (Å²) in [6.07, 6.45) is 1.11. The summed E-state index contributed by atoms with van der Waals surface area (Å²) in [4.78, 5) is 0. The normalized spacial score (nSPS) is 36.3. The van der Waals surface area contributed by atoms with E-state index >= 15 is 0 Å². The first-order chi connectivity index (χ1) is 4.85. The maximum Gasteiger partial charge on any atom is 0.116 e. The molecule has 0 bridgehead atoms. The molecule has 2 aliphatic heterocycles. The van der Waals surface area contributed by atoms with Crippen molar-refractivity contribution in [2.45, 2.75) is 18.1 Å². The van der Waals surface area contributed by atoms with Gasteiger partial charge in [-0.2, -0.15) is 0 Å². The Balaban J connectivity index is 1.92. The lowest BCUT2D eigenvalue weighted by molar-refractivity contribution is -0.184. The maximum absolute atomic E-state index is 5.59. The van der Waals surface area contributed by atoms with Crippen LogP contribution in [0.1, 0.15) is 6.42 Å². The summed E-state index contributed by atoms with van der Waals surface area (Å²) in [5.74, 6) is 0. The molecule has 0 amide bonds. The molecule has 0 saturated carbocycles. The molecule has 2 fully saturated rings. The van der Waals surface area contributed by atoms with Crippen LogP contribution in [0.15, 0.2) is 0 Å². The number of rotatable bonds is 1. The van der Waals surface area contributed by atoms with E-state index in [0.717, 1.165) is 26.2 Å². The van der Waals surface area contributed by atoms with Gasteiger partial charge in [-0.3, -0.25) is 0 Å². The van der Waals surface area contributed by atoms with E-state index in [4.69, 9.17) is 9.47 Å². The molecule has 1 N–H and O–H groups in total. The van der Waals surface area contributed by atoms with Crippen LogP contribution in [0.3, 0.4) is 0 Å². The third kappa shape index (κ3) is 0.856. The highest BCUT2D eigenvalue weighted by molar-refractivity contribution is 4.96. The predicted octanol–water partition coefficient (Wildman–Crippen LogP) is -0.236. The minimum atomic E-state index is 0.105. The van der Waals surface area contributed by atoms with E-state index in [2.05, 4.69) is 5.32 Å². The summed E-state index contributed by atoms with van der Waals surface area (Å²) < 4.78 is 10.7. The molecule has 1 unspecified atom stereocenters. The molecule has 0 radical (unpaired) electrons. The molecule has 1 atom stereocenters. The van der Waals surface area contributed by atoms with Crippen LogP contribution in [0.2, 0.25) is 0 Å². The second-order valence-electron chi connectivity index (χ2n) is 3.18. The second kappa shape index (κ2) is 2.19. The molecular formula is C7H13NO2. The number of nitrogens with one attached hydrogen (secondary N) is 1. The zero-order chi connectivity index (χ0) is 7.03. The highest BCUT2D eigenvalue weighted by Crippen LogP contribution is 2.32. The van der Waals surface area contributed by atoms with Crippen LogP contribution in [0.25, 0.3) is 0 Å². The third-order valence-electron chi connectivity index (χ3n) is 2.35. The van der Waals surface area contributed by atoms with Crippen molar-refractivity contribution in [2.24, 2.45) is 0 Å². The first-order valence-electron chi connectivity index (χ1n) is 3.74. The van der Waals surface area contributed by atoms with Crippen LogP contribution in [-0.2, 0) is 9.47 Å². The van der Waals surface area contributed by atoms with E-state index in [1.54, 1.807) is 0 Å². The van der Waals surface area contributed by atoms with Gasteiger partial charge in [0.25, 0.3) is 0 Å². The Hall–Kier alpha value is -0.120. The van der Waals surface area contributed by atoms with Gasteiger partial charge in [-0.05, 0) is 13.5 Å². The van der Waals surface area contributed by atoms with Crippen LogP contribution >= 0.6 is 0 Å². The zero-order valence-electron chi connectivity index (χ0n) is 6.22. The Morgan fingerprint density at radius 1 is 1.50 bits per heavy atom. The molecule has 2 rings (SSSR count). The third-order valence-corrected chi connectivity index (χ3v) is 2.35. The molecule has 0 aliphatic carbocycles. The Morgan fingerprint density at radius 2 is 2.30 bits per heavy atom. The maximum atomic E-state index is 5.59. The van der Waals surface area contributed by atoms with Crippen LogP contribution < -0.4 is 5.32 Å². The molecule has 1 spiro atoms. The minimum Gasteiger partial charge on any atom is -0.375 e. The van der Waals surface area contributed by atoms with Gasteiger partial charge in [-0.1, -0.05) is 0 Å². The molecule has 2 aliphatic rings. The van der Waals surface area contributed by atoms with Gasteiger partial charge in [0.05, 0.1) is 19.8 Å². The van der Waals surface area contributed by atoms with E-state index < -0.39 is 0 Å². The Labute approximate surface area is 60.7 Å². The van der Waals surface area contributed by atoms with Gasteiger partial charge in [-0.15, -0.1) is 0 Å². The number of hydrogen-bond acceptors (Lipinski definition) is 3. The monoisotopic (exact) mass is 143 g/mol. The molecule has 3 heteroatoms. The average Bonchev–Trinajstić information content (AvgIpc) is 2.29. The highest BCUT2D eigenvalue weighted by atomic mass is 16.6. The van der Waals surface area contributed by atoms with Crippen molar-refractivity contribution in [1.29, 1.82) is 0 Å². The van der Waals surface area contributed by atoms with Crippen LogP contribution in [-0.4, -0.2) is 38.5 Å². The molecule has 10 heavy (non-hydrogen) atoms. The summed E-state index contributed by atoms with van der Waals surface area (Å²) in [5.41, 5.74) is 0.105. The van der Waals surface area contributed by atoms with Gasteiger partial charge < -0.3 is 14.8 Å². The van der Waals surface area contributed by atoms with E-state index in [1.165, 1.54) is 0 Å². The van der Waals surface area contributed by atoms with Crippen LogP contribution in [0.4, 0.5) is 0 Å². The molecule has 3 nitrogen and oxygen atoms in total. The SMILES string of the molecule is CNC1COC2(COC2)C1. The molecular weight excluding hydrogens is 130 g/mol. The summed E-state index contributed by atoms with van der Waals surface area (Å²) in [7, 11) is 1.98. The fourth-order valence-corrected chi connectivity index (χ4v) is 1.56. The van der Waals surface area contributed by atoms with E-state index in [9.17, 15) is 0 Å². The van der Waals surface area contributed by atoms with Gasteiger partial charge in [0.15, 0.2) is 0 Å². The molecule has 2 saturated heterocycles. The first kappa shape index (κ1) is 6.58. The van der Waals surface area contributed by atoms with Crippen molar-refractivity contribution in [3.63, 3.8) is 0 Å². The Bertz CT molecular complexity index is 134. The van der Waals surface area contributed by atoms with Crippen LogP contribution in [0.5, 0.6) is 0 Å². The zero-order valence-corrected chi connectivity index (χ0v) is 6.22. The number of ether oxygens (including phenoxy) is 2. The second-order valence-corrected chi connectivity index (χ2v) is 3.18. The summed E-state index contributed by atoms with van der Waals surface area (Å²) in [6, 6.07) is 0.545. The van der Waals surface area contributed by atoms with Crippen molar-refractivity contribution >= 4 is 0 Å². The lowest BCUT2D eigenvalue weighted by Crippen LogP contribution is -2.49. The summed E-state index contributed by atoms with van der Waals surface area (Å²) in [6.45, 7) is 2.44. The number of hydrogen-bond donors (Lipinski definition) is 1. The van der Waals surface area contributed by atoms with Gasteiger partial charge in [0.1, 0.15) is 5.60 Å². The predicted molar refractivity (Wildman–Crippen MR) is 37.0 cm³/mol. The minimum absolute atomic E-state index is 0.105. The Morgan fingerprint density at radius 3 is 2.60 bits per heavy atom. The first-order valence-corrected chi connectivity index (χ1v) is 3.74. The molecule has 58 valence electrons. The smallest absolute Gasteiger partial charge is 0.116 e. The largest absolute Gasteiger partial charge is 0.375 e. The summed E-state index contributed by atoms with van der Waals surface area (Å²) in [5, 5.41) is 3.21. The molecule has 2 heterocycles. The van der Waals surface area contributed by atoms with Crippen molar-refractivity contribution in [2.75, 3.05) is 26.9 Å². The quantitative estimate of drug-likeness (QED) is 0.549. The lowest BCUT2D eigenvalue weighted by Gasteiger charge is -2.36. The van der Waals surface area contributed by atoms with E-state index in [-0.39, 0.29) is 5.60 Å². The van der Waals surface area contributed by atoms with Crippen molar-refractivity contribution < 1.29 is 9.47 Å². The lowest BCUT2D eigenvalue weighted by atomic mass is 9.96. The van der Waals surface area contributed by atoms with E-state index in [0.29, 0.717) is 6.04 Å².